The fourth-order valence-corrected chi connectivity index (χ4v) is 3.85. The Labute approximate surface area is 168 Å². The summed E-state index contributed by atoms with van der Waals surface area (Å²) in [6, 6.07) is 8.35. The second-order valence-electron chi connectivity index (χ2n) is 5.86. The Morgan fingerprint density at radius 2 is 2.04 bits per heavy atom. The van der Waals surface area contributed by atoms with E-state index in [9.17, 15) is 0 Å². The van der Waals surface area contributed by atoms with Crippen molar-refractivity contribution in [1.29, 1.82) is 0 Å². The summed E-state index contributed by atoms with van der Waals surface area (Å²) < 4.78 is 6.74. The van der Waals surface area contributed by atoms with E-state index in [1.54, 1.807) is 0 Å². The molecule has 0 saturated carbocycles. The zero-order valence-electron chi connectivity index (χ0n) is 15.6. The van der Waals surface area contributed by atoms with Gasteiger partial charge in [0.05, 0.1) is 5.69 Å². The third-order valence-corrected chi connectivity index (χ3v) is 5.86. The lowest BCUT2D eigenvalue weighted by molar-refractivity contribution is 0.472. The molecule has 142 valence electrons. The first-order valence-corrected chi connectivity index (χ1v) is 10.7. The van der Waals surface area contributed by atoms with E-state index >= 15 is 0 Å². The van der Waals surface area contributed by atoms with E-state index in [-0.39, 0.29) is 0 Å². The molecule has 1 aromatic heterocycles. The number of thioether (sulfide) groups is 1. The van der Waals surface area contributed by atoms with Gasteiger partial charge in [0.2, 0.25) is 5.89 Å². The maximum Gasteiger partial charge on any atom is 0.216 e. The Balaban J connectivity index is 1.69. The first-order valence-electron chi connectivity index (χ1n) is 8.92. The van der Waals surface area contributed by atoms with E-state index in [1.807, 2.05) is 31.7 Å². The maximum atomic E-state index is 5.57. The quantitative estimate of drug-likeness (QED) is 0.257. The monoisotopic (exact) mass is 438 g/mol. The highest BCUT2D eigenvalue weighted by Crippen LogP contribution is 2.27. The van der Waals surface area contributed by atoms with E-state index in [4.69, 9.17) is 4.42 Å². The molecule has 0 saturated heterocycles. The Bertz CT molecular complexity index is 698. The van der Waals surface area contributed by atoms with Crippen LogP contribution in [0.5, 0.6) is 0 Å². The molecule has 0 aliphatic carbocycles. The van der Waals surface area contributed by atoms with Crippen molar-refractivity contribution in [3.05, 3.63) is 46.1 Å². The number of aryl methyl sites for hydroxylation is 2. The van der Waals surface area contributed by atoms with Gasteiger partial charge in [-0.25, -0.2) is 9.98 Å². The van der Waals surface area contributed by atoms with Gasteiger partial charge in [-0.15, -0.1) is 11.8 Å². The molecular weight excluding hydrogens is 412 g/mol. The summed E-state index contributed by atoms with van der Waals surface area (Å²) >= 11 is 5.47. The van der Waals surface area contributed by atoms with Crippen LogP contribution in [0.1, 0.15) is 37.1 Å². The van der Waals surface area contributed by atoms with Crippen LogP contribution in [0.3, 0.4) is 0 Å². The number of rotatable bonds is 9. The van der Waals surface area contributed by atoms with Crippen molar-refractivity contribution in [3.63, 3.8) is 0 Å². The van der Waals surface area contributed by atoms with Crippen molar-refractivity contribution in [3.8, 4) is 0 Å². The molecule has 2 aromatic rings. The van der Waals surface area contributed by atoms with Crippen LogP contribution in [-0.2, 0) is 6.54 Å². The molecular formula is C19H27BrN4OS. The van der Waals surface area contributed by atoms with Gasteiger partial charge >= 0.3 is 0 Å². The molecule has 0 aliphatic heterocycles. The fraction of sp³-hybridized carbons (Fsp3) is 0.474. The minimum Gasteiger partial charge on any atom is -0.444 e. The first-order chi connectivity index (χ1) is 12.6. The number of unbranched alkanes of at least 4 members (excludes halogenated alkanes) is 1. The van der Waals surface area contributed by atoms with Crippen molar-refractivity contribution in [2.24, 2.45) is 4.99 Å². The molecule has 1 aromatic carbocycles. The van der Waals surface area contributed by atoms with Gasteiger partial charge in [-0.2, -0.15) is 0 Å². The SMILES string of the molecule is CCNC(=NCc1nc(C)c(C)o1)NCCCCSc1ccccc1Br. The van der Waals surface area contributed by atoms with Gasteiger partial charge in [-0.3, -0.25) is 0 Å². The highest BCUT2D eigenvalue weighted by Gasteiger charge is 2.05. The molecule has 26 heavy (non-hydrogen) atoms. The number of benzene rings is 1. The van der Waals surface area contributed by atoms with Gasteiger partial charge in [0.15, 0.2) is 5.96 Å². The zero-order valence-corrected chi connectivity index (χ0v) is 18.0. The Kier molecular flexibility index (Phi) is 9.05. The number of aliphatic imine (C=N–C) groups is 1. The lowest BCUT2D eigenvalue weighted by Gasteiger charge is -2.10. The van der Waals surface area contributed by atoms with Crippen molar-refractivity contribution < 1.29 is 4.42 Å². The Hall–Kier alpha value is -1.47. The summed E-state index contributed by atoms with van der Waals surface area (Å²) in [6.07, 6.45) is 2.25. The Morgan fingerprint density at radius 1 is 1.23 bits per heavy atom. The van der Waals surface area contributed by atoms with Gasteiger partial charge in [0.25, 0.3) is 0 Å². The maximum absolute atomic E-state index is 5.57. The summed E-state index contributed by atoms with van der Waals surface area (Å²) in [5, 5.41) is 6.63. The molecule has 2 rings (SSSR count). The van der Waals surface area contributed by atoms with Crippen LogP contribution in [-0.4, -0.2) is 29.8 Å². The number of halogens is 1. The van der Waals surface area contributed by atoms with Crippen LogP contribution in [0.25, 0.3) is 0 Å². The summed E-state index contributed by atoms with van der Waals surface area (Å²) in [5.41, 5.74) is 0.927. The summed E-state index contributed by atoms with van der Waals surface area (Å²) in [4.78, 5) is 10.2. The molecule has 0 amide bonds. The molecule has 2 N–H and O–H groups in total. The molecule has 5 nitrogen and oxygen atoms in total. The molecule has 0 aliphatic rings. The number of guanidine groups is 1. The van der Waals surface area contributed by atoms with Crippen LogP contribution in [0.2, 0.25) is 0 Å². The van der Waals surface area contributed by atoms with Crippen molar-refractivity contribution in [1.82, 2.24) is 15.6 Å². The average molecular weight is 439 g/mol. The number of hydrogen-bond donors (Lipinski definition) is 2. The van der Waals surface area contributed by atoms with E-state index < -0.39 is 0 Å². The van der Waals surface area contributed by atoms with Gasteiger partial charge in [-0.05, 0) is 67.4 Å². The number of nitrogens with one attached hydrogen (secondary N) is 2. The van der Waals surface area contributed by atoms with Gasteiger partial charge in [-0.1, -0.05) is 12.1 Å². The first kappa shape index (κ1) is 20.8. The number of hydrogen-bond acceptors (Lipinski definition) is 4. The number of nitrogens with zero attached hydrogens (tertiary/aromatic N) is 2. The molecule has 1 heterocycles. The van der Waals surface area contributed by atoms with Gasteiger partial charge in [0, 0.05) is 22.5 Å². The van der Waals surface area contributed by atoms with Crippen LogP contribution >= 0.6 is 27.7 Å². The van der Waals surface area contributed by atoms with Crippen LogP contribution < -0.4 is 10.6 Å². The minimum atomic E-state index is 0.446. The van der Waals surface area contributed by atoms with Gasteiger partial charge < -0.3 is 15.1 Å². The fourth-order valence-electron chi connectivity index (χ4n) is 2.27. The molecule has 0 bridgehead atoms. The average Bonchev–Trinajstić information content (AvgIpc) is 2.95. The Morgan fingerprint density at radius 3 is 2.73 bits per heavy atom. The zero-order chi connectivity index (χ0) is 18.8. The second-order valence-corrected chi connectivity index (χ2v) is 7.85. The van der Waals surface area contributed by atoms with Crippen LogP contribution in [0.4, 0.5) is 0 Å². The number of aromatic nitrogens is 1. The molecule has 0 unspecified atom stereocenters. The highest BCUT2D eigenvalue weighted by molar-refractivity contribution is 9.10. The normalized spacial score (nSPS) is 11.6. The van der Waals surface area contributed by atoms with E-state index in [1.165, 1.54) is 9.37 Å². The van der Waals surface area contributed by atoms with E-state index in [0.29, 0.717) is 12.4 Å². The topological polar surface area (TPSA) is 62.5 Å². The minimum absolute atomic E-state index is 0.446. The van der Waals surface area contributed by atoms with Crippen LogP contribution in [0.15, 0.2) is 43.0 Å². The van der Waals surface area contributed by atoms with E-state index in [0.717, 1.165) is 49.1 Å². The lowest BCUT2D eigenvalue weighted by Crippen LogP contribution is -2.37. The molecule has 0 fully saturated rings. The predicted octanol–water partition coefficient (Wildman–Crippen LogP) is 4.68. The molecule has 0 atom stereocenters. The highest BCUT2D eigenvalue weighted by atomic mass is 79.9. The number of oxazole rings is 1. The predicted molar refractivity (Wildman–Crippen MR) is 113 cm³/mol. The second kappa shape index (κ2) is 11.3. The van der Waals surface area contributed by atoms with E-state index in [2.05, 4.69) is 61.7 Å². The standard InChI is InChI=1S/C19H27BrN4OS/c1-4-21-19(23-13-18-24-14(2)15(3)25-18)22-11-7-8-12-26-17-10-6-5-9-16(17)20/h5-6,9-10H,4,7-8,11-13H2,1-3H3,(H2,21,22,23). The summed E-state index contributed by atoms with van der Waals surface area (Å²) in [6.45, 7) is 8.10. The van der Waals surface area contributed by atoms with Crippen molar-refractivity contribution in [2.75, 3.05) is 18.8 Å². The smallest absolute Gasteiger partial charge is 0.216 e. The third kappa shape index (κ3) is 7.03. The summed E-state index contributed by atoms with van der Waals surface area (Å²) in [7, 11) is 0. The molecule has 7 heteroatoms. The van der Waals surface area contributed by atoms with Crippen LogP contribution in [0, 0.1) is 13.8 Å². The summed E-state index contributed by atoms with van der Waals surface area (Å²) in [5.74, 6) is 3.42. The molecule has 0 spiro atoms. The lowest BCUT2D eigenvalue weighted by atomic mass is 10.3. The molecule has 0 radical (unpaired) electrons. The van der Waals surface area contributed by atoms with Crippen molar-refractivity contribution >= 4 is 33.7 Å². The largest absolute Gasteiger partial charge is 0.444 e. The third-order valence-electron chi connectivity index (χ3n) is 3.75. The van der Waals surface area contributed by atoms with Gasteiger partial charge in [0.1, 0.15) is 12.3 Å². The van der Waals surface area contributed by atoms with Crippen molar-refractivity contribution in [2.45, 2.75) is 45.1 Å².